The van der Waals surface area contributed by atoms with Crippen LogP contribution >= 0.6 is 15.9 Å². The fraction of sp³-hybridized carbons (Fsp3) is 1.00. The SMILES string of the molecule is CC(CO)N(C)CC1(CBr)CCCCC1. The summed E-state index contributed by atoms with van der Waals surface area (Å²) in [5.41, 5.74) is 0.455. The molecule has 0 aromatic heterocycles. The molecule has 1 saturated carbocycles. The molecule has 0 spiro atoms. The van der Waals surface area contributed by atoms with Crippen molar-refractivity contribution in [1.82, 2.24) is 4.90 Å². The summed E-state index contributed by atoms with van der Waals surface area (Å²) in [4.78, 5) is 2.30. The molecule has 0 heterocycles. The van der Waals surface area contributed by atoms with Crippen molar-refractivity contribution in [3.63, 3.8) is 0 Å². The van der Waals surface area contributed by atoms with E-state index in [9.17, 15) is 0 Å². The van der Waals surface area contributed by atoms with Gasteiger partial charge in [0.15, 0.2) is 0 Å². The molecule has 3 heteroatoms. The molecule has 0 radical (unpaired) electrons. The number of hydrogen-bond acceptors (Lipinski definition) is 2. The standard InChI is InChI=1S/C12H24BrNO/c1-11(8-15)14(2)10-12(9-13)6-4-3-5-7-12/h11,15H,3-10H2,1-2H3. The molecule has 0 bridgehead atoms. The van der Waals surface area contributed by atoms with E-state index >= 15 is 0 Å². The second-order valence-electron chi connectivity index (χ2n) is 5.14. The highest BCUT2D eigenvalue weighted by Gasteiger charge is 2.32. The molecule has 0 aromatic carbocycles. The molecule has 1 fully saturated rings. The normalized spacial score (nSPS) is 23.0. The Bertz CT molecular complexity index is 180. The molecule has 0 aromatic rings. The zero-order chi connectivity index (χ0) is 11.3. The van der Waals surface area contributed by atoms with Gasteiger partial charge in [0.25, 0.3) is 0 Å². The third-order valence-electron chi connectivity index (χ3n) is 3.80. The van der Waals surface area contributed by atoms with Gasteiger partial charge in [-0.3, -0.25) is 0 Å². The second-order valence-corrected chi connectivity index (χ2v) is 5.70. The lowest BCUT2D eigenvalue weighted by molar-refractivity contribution is 0.0913. The Kier molecular flexibility index (Phi) is 5.58. The topological polar surface area (TPSA) is 23.5 Å². The molecular formula is C12H24BrNO. The average Bonchev–Trinajstić information content (AvgIpc) is 2.29. The summed E-state index contributed by atoms with van der Waals surface area (Å²) in [7, 11) is 2.12. The van der Waals surface area contributed by atoms with Crippen LogP contribution in [0.4, 0.5) is 0 Å². The van der Waals surface area contributed by atoms with E-state index in [0.29, 0.717) is 5.41 Å². The van der Waals surface area contributed by atoms with E-state index < -0.39 is 0 Å². The van der Waals surface area contributed by atoms with Crippen LogP contribution < -0.4 is 0 Å². The number of aliphatic hydroxyl groups is 1. The van der Waals surface area contributed by atoms with E-state index in [1.807, 2.05) is 0 Å². The van der Waals surface area contributed by atoms with Gasteiger partial charge in [-0.05, 0) is 32.2 Å². The molecule has 2 nitrogen and oxygen atoms in total. The first kappa shape index (κ1) is 13.5. The summed E-state index contributed by atoms with van der Waals surface area (Å²) in [5, 5.41) is 10.2. The Morgan fingerprint density at radius 1 is 1.33 bits per heavy atom. The molecule has 90 valence electrons. The van der Waals surface area contributed by atoms with Gasteiger partial charge in [0.2, 0.25) is 0 Å². The highest BCUT2D eigenvalue weighted by atomic mass is 79.9. The van der Waals surface area contributed by atoms with Crippen LogP contribution in [-0.2, 0) is 0 Å². The van der Waals surface area contributed by atoms with Crippen molar-refractivity contribution >= 4 is 15.9 Å². The minimum Gasteiger partial charge on any atom is -0.395 e. The Morgan fingerprint density at radius 2 is 1.93 bits per heavy atom. The molecule has 0 aliphatic heterocycles. The third-order valence-corrected chi connectivity index (χ3v) is 4.99. The summed E-state index contributed by atoms with van der Waals surface area (Å²) in [6.45, 7) is 3.46. The van der Waals surface area contributed by atoms with Gasteiger partial charge < -0.3 is 10.0 Å². The van der Waals surface area contributed by atoms with Crippen LogP contribution in [0.1, 0.15) is 39.0 Å². The maximum atomic E-state index is 9.14. The fourth-order valence-corrected chi connectivity index (χ4v) is 3.20. The predicted molar refractivity (Wildman–Crippen MR) is 68.5 cm³/mol. The van der Waals surface area contributed by atoms with Crippen LogP contribution in [0.2, 0.25) is 0 Å². The molecule has 15 heavy (non-hydrogen) atoms. The van der Waals surface area contributed by atoms with E-state index in [4.69, 9.17) is 5.11 Å². The quantitative estimate of drug-likeness (QED) is 0.781. The molecular weight excluding hydrogens is 254 g/mol. The number of alkyl halides is 1. The van der Waals surface area contributed by atoms with Crippen molar-refractivity contribution in [1.29, 1.82) is 0 Å². The van der Waals surface area contributed by atoms with Crippen LogP contribution in [-0.4, -0.2) is 41.6 Å². The maximum Gasteiger partial charge on any atom is 0.0584 e. The summed E-state index contributed by atoms with van der Waals surface area (Å²) in [6, 6.07) is 0.280. The molecule has 1 unspecified atom stereocenters. The lowest BCUT2D eigenvalue weighted by atomic mass is 9.75. The van der Waals surface area contributed by atoms with Crippen LogP contribution in [0, 0.1) is 5.41 Å². The minimum absolute atomic E-state index is 0.259. The predicted octanol–water partition coefficient (Wildman–Crippen LogP) is 2.64. The summed E-state index contributed by atoms with van der Waals surface area (Å²) < 4.78 is 0. The van der Waals surface area contributed by atoms with Gasteiger partial charge in [-0.15, -0.1) is 0 Å². The Morgan fingerprint density at radius 3 is 2.40 bits per heavy atom. The van der Waals surface area contributed by atoms with E-state index in [2.05, 4.69) is 34.8 Å². The minimum atomic E-state index is 0.259. The molecule has 1 aliphatic carbocycles. The smallest absolute Gasteiger partial charge is 0.0584 e. The van der Waals surface area contributed by atoms with Gasteiger partial charge in [-0.25, -0.2) is 0 Å². The largest absolute Gasteiger partial charge is 0.395 e. The molecule has 0 saturated heterocycles. The van der Waals surface area contributed by atoms with E-state index in [0.717, 1.165) is 11.9 Å². The molecule has 0 amide bonds. The lowest BCUT2D eigenvalue weighted by Gasteiger charge is -2.40. The Labute approximate surface area is 102 Å². The maximum absolute atomic E-state index is 9.14. The number of rotatable bonds is 5. The van der Waals surface area contributed by atoms with Crippen molar-refractivity contribution in [2.45, 2.75) is 45.1 Å². The number of aliphatic hydroxyl groups excluding tert-OH is 1. The Balaban J connectivity index is 2.51. The van der Waals surface area contributed by atoms with Gasteiger partial charge >= 0.3 is 0 Å². The molecule has 1 N–H and O–H groups in total. The monoisotopic (exact) mass is 277 g/mol. The van der Waals surface area contributed by atoms with Gasteiger partial charge in [0, 0.05) is 17.9 Å². The van der Waals surface area contributed by atoms with Crippen LogP contribution in [0.15, 0.2) is 0 Å². The third kappa shape index (κ3) is 3.72. The number of hydrogen-bond donors (Lipinski definition) is 1. The second kappa shape index (κ2) is 6.21. The van der Waals surface area contributed by atoms with Crippen LogP contribution in [0.25, 0.3) is 0 Å². The van der Waals surface area contributed by atoms with E-state index in [1.54, 1.807) is 0 Å². The van der Waals surface area contributed by atoms with Gasteiger partial charge in [0.1, 0.15) is 0 Å². The first-order valence-electron chi connectivity index (χ1n) is 6.00. The molecule has 1 rings (SSSR count). The van der Waals surface area contributed by atoms with E-state index in [-0.39, 0.29) is 12.6 Å². The van der Waals surface area contributed by atoms with Gasteiger partial charge in [0.05, 0.1) is 6.61 Å². The van der Waals surface area contributed by atoms with Crippen molar-refractivity contribution in [2.75, 3.05) is 25.5 Å². The van der Waals surface area contributed by atoms with Crippen LogP contribution in [0.3, 0.4) is 0 Å². The van der Waals surface area contributed by atoms with Gasteiger partial charge in [-0.1, -0.05) is 35.2 Å². The summed E-state index contributed by atoms with van der Waals surface area (Å²) >= 11 is 3.68. The van der Waals surface area contributed by atoms with E-state index in [1.165, 1.54) is 32.1 Å². The number of likely N-dealkylation sites (N-methyl/N-ethyl adjacent to an activating group) is 1. The zero-order valence-electron chi connectivity index (χ0n) is 10.0. The van der Waals surface area contributed by atoms with Gasteiger partial charge in [-0.2, -0.15) is 0 Å². The van der Waals surface area contributed by atoms with Crippen molar-refractivity contribution in [2.24, 2.45) is 5.41 Å². The lowest BCUT2D eigenvalue weighted by Crippen LogP contribution is -2.43. The summed E-state index contributed by atoms with van der Waals surface area (Å²) in [6.07, 6.45) is 6.80. The fourth-order valence-electron chi connectivity index (χ4n) is 2.46. The zero-order valence-corrected chi connectivity index (χ0v) is 11.6. The highest BCUT2D eigenvalue weighted by molar-refractivity contribution is 9.09. The number of halogens is 1. The first-order valence-corrected chi connectivity index (χ1v) is 7.13. The van der Waals surface area contributed by atoms with Crippen LogP contribution in [0.5, 0.6) is 0 Å². The first-order chi connectivity index (χ1) is 7.13. The van der Waals surface area contributed by atoms with Crippen molar-refractivity contribution in [3.05, 3.63) is 0 Å². The number of nitrogens with zero attached hydrogens (tertiary/aromatic N) is 1. The highest BCUT2D eigenvalue weighted by Crippen LogP contribution is 2.38. The molecule has 1 aliphatic rings. The average molecular weight is 278 g/mol. The summed E-state index contributed by atoms with van der Waals surface area (Å²) in [5.74, 6) is 0. The molecule has 1 atom stereocenters. The van der Waals surface area contributed by atoms with Crippen molar-refractivity contribution in [3.8, 4) is 0 Å². The van der Waals surface area contributed by atoms with Crippen molar-refractivity contribution < 1.29 is 5.11 Å². The Hall–Kier alpha value is 0.400.